The molecule has 2 N–H and O–H groups in total. The predicted octanol–water partition coefficient (Wildman–Crippen LogP) is 4.89. The van der Waals surface area contributed by atoms with Crippen LogP contribution in [0.4, 0.5) is 0 Å². The molecule has 3 aliphatic heterocycles. The maximum Gasteiger partial charge on any atom is 0.330 e. The van der Waals surface area contributed by atoms with Gasteiger partial charge in [0.25, 0.3) is 0 Å². The fourth-order valence-corrected chi connectivity index (χ4v) is 4.86. The van der Waals surface area contributed by atoms with Crippen LogP contribution in [0.15, 0.2) is 72.4 Å². The number of esters is 1. The van der Waals surface area contributed by atoms with Crippen molar-refractivity contribution in [3.8, 4) is 0 Å². The quantitative estimate of drug-likeness (QED) is 0.426. The van der Waals surface area contributed by atoms with Crippen molar-refractivity contribution in [2.24, 2.45) is 5.92 Å². The van der Waals surface area contributed by atoms with Crippen LogP contribution in [0.25, 0.3) is 0 Å². The summed E-state index contributed by atoms with van der Waals surface area (Å²) in [5, 5.41) is 21.3. The number of hydrogen-bond donors (Lipinski definition) is 2. The molecule has 6 heteroatoms. The molecule has 3 rings (SSSR count). The summed E-state index contributed by atoms with van der Waals surface area (Å²) in [6, 6.07) is 0. The van der Waals surface area contributed by atoms with Crippen molar-refractivity contribution in [1.29, 1.82) is 0 Å². The topological polar surface area (TPSA) is 85.2 Å². The number of fused-ring (bicyclic) bond motifs is 2. The molecule has 0 aromatic rings. The van der Waals surface area contributed by atoms with Crippen molar-refractivity contribution >= 4 is 5.97 Å². The summed E-state index contributed by atoms with van der Waals surface area (Å²) in [5.41, 5.74) is 2.24. The highest BCUT2D eigenvalue weighted by Gasteiger charge is 2.23. The van der Waals surface area contributed by atoms with Gasteiger partial charge in [-0.05, 0) is 51.4 Å². The summed E-state index contributed by atoms with van der Waals surface area (Å²) < 4.78 is 17.5. The van der Waals surface area contributed by atoms with E-state index in [2.05, 4.69) is 26.5 Å². The van der Waals surface area contributed by atoms with Crippen LogP contribution in [0.1, 0.15) is 58.8 Å². The van der Waals surface area contributed by atoms with Gasteiger partial charge in [-0.25, -0.2) is 4.79 Å². The largest absolute Gasteiger partial charge is 0.456 e. The van der Waals surface area contributed by atoms with Crippen LogP contribution >= 0.6 is 0 Å². The molecule has 198 valence electrons. The van der Waals surface area contributed by atoms with Crippen LogP contribution < -0.4 is 0 Å². The molecule has 3 aliphatic rings. The Bertz CT molecular complexity index is 882. The van der Waals surface area contributed by atoms with E-state index in [1.807, 2.05) is 18.2 Å². The maximum atomic E-state index is 12.5. The third-order valence-electron chi connectivity index (χ3n) is 6.70. The second-order valence-corrected chi connectivity index (χ2v) is 10.3. The fraction of sp³-hybridized carbons (Fsp3) is 0.567. The zero-order valence-corrected chi connectivity index (χ0v) is 21.6. The summed E-state index contributed by atoms with van der Waals surface area (Å²) in [4.78, 5) is 12.5. The molecule has 0 radical (unpaired) electrons. The van der Waals surface area contributed by atoms with Crippen LogP contribution in [0, 0.1) is 5.92 Å². The summed E-state index contributed by atoms with van der Waals surface area (Å²) >= 11 is 0. The summed E-state index contributed by atoms with van der Waals surface area (Å²) in [5.74, 6) is -0.123. The minimum Gasteiger partial charge on any atom is -0.456 e. The third-order valence-corrected chi connectivity index (χ3v) is 6.70. The summed E-state index contributed by atoms with van der Waals surface area (Å²) in [7, 11) is 0. The van der Waals surface area contributed by atoms with E-state index in [0.717, 1.165) is 31.3 Å². The van der Waals surface area contributed by atoms with Crippen molar-refractivity contribution in [3.05, 3.63) is 72.4 Å². The average Bonchev–Trinajstić information content (AvgIpc) is 2.81. The molecule has 0 unspecified atom stereocenters. The van der Waals surface area contributed by atoms with Gasteiger partial charge in [0, 0.05) is 12.5 Å². The molecule has 3 heterocycles. The molecule has 7 atom stereocenters. The first kappa shape index (κ1) is 28.3. The lowest BCUT2D eigenvalue weighted by Gasteiger charge is -2.28. The zero-order chi connectivity index (χ0) is 25.9. The highest BCUT2D eigenvalue weighted by molar-refractivity contribution is 5.82. The van der Waals surface area contributed by atoms with Gasteiger partial charge in [0.05, 0.1) is 31.0 Å². The van der Waals surface area contributed by atoms with E-state index in [1.54, 1.807) is 24.3 Å². The lowest BCUT2D eigenvalue weighted by Crippen LogP contribution is -2.30. The fourth-order valence-electron chi connectivity index (χ4n) is 4.86. The molecule has 0 saturated heterocycles. The van der Waals surface area contributed by atoms with Crippen LogP contribution in [-0.2, 0) is 19.0 Å². The number of carbonyl (C=O) groups excluding carboxylic acids is 1. The van der Waals surface area contributed by atoms with Crippen LogP contribution in [0.3, 0.4) is 0 Å². The Morgan fingerprint density at radius 3 is 2.72 bits per heavy atom. The Morgan fingerprint density at radius 1 is 1.11 bits per heavy atom. The second-order valence-electron chi connectivity index (χ2n) is 10.3. The molecule has 0 spiro atoms. The first-order chi connectivity index (χ1) is 17.3. The number of rotatable bonds is 3. The highest BCUT2D eigenvalue weighted by atomic mass is 16.6. The van der Waals surface area contributed by atoms with Crippen molar-refractivity contribution in [2.75, 3.05) is 6.61 Å². The van der Waals surface area contributed by atoms with Gasteiger partial charge in [0.2, 0.25) is 0 Å². The molecule has 0 amide bonds. The van der Waals surface area contributed by atoms with Gasteiger partial charge in [-0.15, -0.1) is 0 Å². The normalized spacial score (nSPS) is 35.8. The number of hydrogen-bond acceptors (Lipinski definition) is 6. The maximum absolute atomic E-state index is 12.5. The SMILES string of the molecule is C=C1C[C@H](C)C[C@@H]2CC=C[C@@H](C/C=C/C(=O)O[C@H]([C@@H](O)/C=C/[C@@H]3CC(C)=CCO3)C/C=C/[C@H](O)C1)O2. The standard InChI is InChI=1S/C30H42O6/c1-21-15-16-34-26(19-21)13-14-28(32)29-11-4-7-24(31)18-22(2)17-23(3)20-27-10-5-8-25(35-27)9-6-12-30(33)36-29/h4-8,12-15,23-29,31-32H,2,9-11,16-20H2,1,3H3/b7-4+,12-6+,14-13+/t23-,24-,25-,26+,27-,28-,29-/m0/s1. The van der Waals surface area contributed by atoms with Crippen molar-refractivity contribution < 1.29 is 29.2 Å². The molecule has 6 nitrogen and oxygen atoms in total. The minimum atomic E-state index is -1.01. The number of aliphatic hydroxyl groups is 2. The number of carbonyl (C=O) groups is 1. The Kier molecular flexibility index (Phi) is 11.4. The van der Waals surface area contributed by atoms with Gasteiger partial charge in [-0.3, -0.25) is 0 Å². The minimum absolute atomic E-state index is 0.0795. The molecule has 2 bridgehead atoms. The molecule has 36 heavy (non-hydrogen) atoms. The Morgan fingerprint density at radius 2 is 1.92 bits per heavy atom. The first-order valence-corrected chi connectivity index (χ1v) is 13.1. The lowest BCUT2D eigenvalue weighted by atomic mass is 9.91. The number of aliphatic hydroxyl groups excluding tert-OH is 2. The Balaban J connectivity index is 1.70. The molecule has 0 fully saturated rings. The van der Waals surface area contributed by atoms with Gasteiger partial charge in [-0.2, -0.15) is 0 Å². The van der Waals surface area contributed by atoms with Crippen LogP contribution in [0.5, 0.6) is 0 Å². The molecular formula is C30H42O6. The first-order valence-electron chi connectivity index (χ1n) is 13.1. The van der Waals surface area contributed by atoms with Gasteiger partial charge in [0.1, 0.15) is 12.2 Å². The van der Waals surface area contributed by atoms with E-state index in [-0.39, 0.29) is 24.7 Å². The van der Waals surface area contributed by atoms with Gasteiger partial charge < -0.3 is 24.4 Å². The van der Waals surface area contributed by atoms with Crippen LogP contribution in [-0.4, -0.2) is 59.4 Å². The third kappa shape index (κ3) is 10.0. The monoisotopic (exact) mass is 498 g/mol. The van der Waals surface area contributed by atoms with Crippen molar-refractivity contribution in [1.82, 2.24) is 0 Å². The molecule has 0 aromatic carbocycles. The predicted molar refractivity (Wildman–Crippen MR) is 141 cm³/mol. The van der Waals surface area contributed by atoms with E-state index in [9.17, 15) is 15.0 Å². The number of cyclic esters (lactones) is 1. The van der Waals surface area contributed by atoms with E-state index >= 15 is 0 Å². The van der Waals surface area contributed by atoms with Crippen molar-refractivity contribution in [2.45, 2.75) is 95.4 Å². The van der Waals surface area contributed by atoms with Crippen molar-refractivity contribution in [3.63, 3.8) is 0 Å². The van der Waals surface area contributed by atoms with E-state index in [1.165, 1.54) is 11.6 Å². The molecular weight excluding hydrogens is 456 g/mol. The van der Waals surface area contributed by atoms with E-state index in [0.29, 0.717) is 25.4 Å². The smallest absolute Gasteiger partial charge is 0.330 e. The van der Waals surface area contributed by atoms with Gasteiger partial charge in [-0.1, -0.05) is 73.3 Å². The Labute approximate surface area is 215 Å². The van der Waals surface area contributed by atoms with E-state index in [4.69, 9.17) is 14.2 Å². The Hall–Kier alpha value is -2.25. The summed E-state index contributed by atoms with van der Waals surface area (Å²) in [6.45, 7) is 8.95. The average molecular weight is 499 g/mol. The zero-order valence-electron chi connectivity index (χ0n) is 21.6. The van der Waals surface area contributed by atoms with Gasteiger partial charge >= 0.3 is 5.97 Å². The second kappa shape index (κ2) is 14.5. The molecule has 0 aliphatic carbocycles. The lowest BCUT2D eigenvalue weighted by molar-refractivity contribution is -0.147. The summed E-state index contributed by atoms with van der Waals surface area (Å²) in [6.07, 6.45) is 18.5. The van der Waals surface area contributed by atoms with E-state index < -0.39 is 24.3 Å². The highest BCUT2D eigenvalue weighted by Crippen LogP contribution is 2.26. The number of ether oxygens (including phenoxy) is 3. The van der Waals surface area contributed by atoms with Gasteiger partial charge in [0.15, 0.2) is 0 Å². The molecule has 0 saturated carbocycles. The molecule has 0 aromatic heterocycles. The van der Waals surface area contributed by atoms with Crippen LogP contribution in [0.2, 0.25) is 0 Å².